The van der Waals surface area contributed by atoms with Crippen LogP contribution in [0.15, 0.2) is 46.0 Å². The predicted molar refractivity (Wildman–Crippen MR) is 123 cm³/mol. The second-order valence-corrected chi connectivity index (χ2v) is 8.40. The van der Waals surface area contributed by atoms with Crippen LogP contribution in [0.1, 0.15) is 31.9 Å². The Morgan fingerprint density at radius 1 is 1.10 bits per heavy atom. The molecule has 2 aromatic rings. The molecule has 0 bridgehead atoms. The third kappa shape index (κ3) is 6.66. The van der Waals surface area contributed by atoms with Gasteiger partial charge in [-0.3, -0.25) is 4.99 Å². The highest BCUT2D eigenvalue weighted by atomic mass is 16.5. The first kappa shape index (κ1) is 21.6. The van der Waals surface area contributed by atoms with Crippen LogP contribution in [0.4, 0.5) is 5.69 Å². The van der Waals surface area contributed by atoms with Crippen LogP contribution in [0.3, 0.4) is 0 Å². The summed E-state index contributed by atoms with van der Waals surface area (Å²) in [5.41, 5.74) is 0.931. The van der Waals surface area contributed by atoms with E-state index in [9.17, 15) is 0 Å². The number of aliphatic imine (C=N–C) groups is 1. The summed E-state index contributed by atoms with van der Waals surface area (Å²) in [5.74, 6) is 3.82. The predicted octanol–water partition coefficient (Wildman–Crippen LogP) is 3.77. The van der Waals surface area contributed by atoms with E-state index in [2.05, 4.69) is 22.5 Å². The minimum absolute atomic E-state index is 0.505. The quantitative estimate of drug-likeness (QED) is 0.495. The number of guanidine groups is 1. The molecule has 2 N–H and O–H groups in total. The average molecular weight is 427 g/mol. The summed E-state index contributed by atoms with van der Waals surface area (Å²) >= 11 is 0. The van der Waals surface area contributed by atoms with Crippen LogP contribution in [-0.4, -0.2) is 56.8 Å². The van der Waals surface area contributed by atoms with Crippen LogP contribution in [0.5, 0.6) is 11.5 Å². The lowest BCUT2D eigenvalue weighted by atomic mass is 10.2. The fourth-order valence-corrected chi connectivity index (χ4v) is 3.99. The smallest absolute Gasteiger partial charge is 0.195 e. The highest BCUT2D eigenvalue weighted by molar-refractivity contribution is 5.94. The first-order valence-electron chi connectivity index (χ1n) is 11.5. The van der Waals surface area contributed by atoms with Crippen LogP contribution < -0.4 is 20.1 Å². The molecule has 2 aliphatic heterocycles. The Hall–Kier alpha value is -2.67. The summed E-state index contributed by atoms with van der Waals surface area (Å²) in [6.07, 6.45) is 6.05. The lowest BCUT2D eigenvalue weighted by molar-refractivity contribution is 0.291. The number of hydrogen-bond donors (Lipinski definition) is 2. The second-order valence-electron chi connectivity index (χ2n) is 8.40. The van der Waals surface area contributed by atoms with Gasteiger partial charge in [0.2, 0.25) is 0 Å². The first-order chi connectivity index (χ1) is 15.3. The van der Waals surface area contributed by atoms with Gasteiger partial charge in [0.25, 0.3) is 0 Å². The largest absolute Gasteiger partial charge is 0.490 e. The maximum atomic E-state index is 5.83. The number of fused-ring (bicyclic) bond motifs is 1. The third-order valence-electron chi connectivity index (χ3n) is 5.58. The molecule has 31 heavy (non-hydrogen) atoms. The highest BCUT2D eigenvalue weighted by Crippen LogP contribution is 2.32. The normalized spacial score (nSPS) is 17.9. The standard InChI is InChI=1S/C24H34N4O3/c1-19(18-28-11-2-3-12-28)17-26-24(25-10-9-21-6-4-13-29-21)27-20-7-8-22-23(16-20)31-15-5-14-30-22/h4,6-8,13,16,19H,2-3,5,9-12,14-15,17-18H2,1H3,(H2,25,26,27). The van der Waals surface area contributed by atoms with E-state index in [0.29, 0.717) is 19.1 Å². The van der Waals surface area contributed by atoms with Crippen molar-refractivity contribution < 1.29 is 13.9 Å². The van der Waals surface area contributed by atoms with E-state index in [-0.39, 0.29) is 0 Å². The van der Waals surface area contributed by atoms with E-state index in [1.54, 1.807) is 6.26 Å². The molecule has 0 spiro atoms. The molecule has 0 amide bonds. The third-order valence-corrected chi connectivity index (χ3v) is 5.58. The monoisotopic (exact) mass is 426 g/mol. The minimum Gasteiger partial charge on any atom is -0.490 e. The molecule has 1 aromatic carbocycles. The van der Waals surface area contributed by atoms with Crippen LogP contribution >= 0.6 is 0 Å². The van der Waals surface area contributed by atoms with Crippen molar-refractivity contribution >= 4 is 11.6 Å². The van der Waals surface area contributed by atoms with Crippen molar-refractivity contribution in [3.05, 3.63) is 42.4 Å². The lowest BCUT2D eigenvalue weighted by Gasteiger charge is -2.20. The van der Waals surface area contributed by atoms with Crippen molar-refractivity contribution in [2.75, 3.05) is 51.3 Å². The number of anilines is 1. The lowest BCUT2D eigenvalue weighted by Crippen LogP contribution is -2.34. The SMILES string of the molecule is CC(CN=C(NCCc1ccco1)Nc1ccc2c(c1)OCCCO2)CN1CCCC1. The van der Waals surface area contributed by atoms with Gasteiger partial charge in [-0.05, 0) is 56.1 Å². The van der Waals surface area contributed by atoms with Gasteiger partial charge >= 0.3 is 0 Å². The van der Waals surface area contributed by atoms with Crippen LogP contribution in [0, 0.1) is 5.92 Å². The maximum absolute atomic E-state index is 5.83. The van der Waals surface area contributed by atoms with Crippen molar-refractivity contribution in [3.63, 3.8) is 0 Å². The van der Waals surface area contributed by atoms with Gasteiger partial charge in [0.1, 0.15) is 5.76 Å². The van der Waals surface area contributed by atoms with Crippen LogP contribution in [0.2, 0.25) is 0 Å². The van der Waals surface area contributed by atoms with Crippen LogP contribution in [0.25, 0.3) is 0 Å². The zero-order valence-corrected chi connectivity index (χ0v) is 18.4. The molecular formula is C24H34N4O3. The Balaban J connectivity index is 1.38. The highest BCUT2D eigenvalue weighted by Gasteiger charge is 2.15. The Bertz CT molecular complexity index is 831. The minimum atomic E-state index is 0.505. The van der Waals surface area contributed by atoms with Crippen molar-refractivity contribution in [1.29, 1.82) is 0 Å². The molecule has 1 saturated heterocycles. The Morgan fingerprint density at radius 3 is 2.74 bits per heavy atom. The fourth-order valence-electron chi connectivity index (χ4n) is 3.99. The number of benzene rings is 1. The van der Waals surface area contributed by atoms with E-state index >= 15 is 0 Å². The van der Waals surface area contributed by atoms with Crippen molar-refractivity contribution in [3.8, 4) is 11.5 Å². The van der Waals surface area contributed by atoms with Crippen molar-refractivity contribution in [1.82, 2.24) is 10.2 Å². The molecule has 1 aromatic heterocycles. The van der Waals surface area contributed by atoms with Crippen LogP contribution in [-0.2, 0) is 6.42 Å². The maximum Gasteiger partial charge on any atom is 0.195 e. The Morgan fingerprint density at radius 2 is 1.94 bits per heavy atom. The molecule has 3 heterocycles. The Kier molecular flexibility index (Phi) is 7.71. The van der Waals surface area contributed by atoms with Crippen molar-refractivity contribution in [2.45, 2.75) is 32.6 Å². The summed E-state index contributed by atoms with van der Waals surface area (Å²) < 4.78 is 17.0. The van der Waals surface area contributed by atoms with E-state index in [0.717, 1.165) is 61.4 Å². The van der Waals surface area contributed by atoms with Crippen molar-refractivity contribution in [2.24, 2.45) is 10.9 Å². The number of likely N-dealkylation sites (tertiary alicyclic amines) is 1. The topological polar surface area (TPSA) is 71.3 Å². The molecule has 168 valence electrons. The molecule has 4 rings (SSSR count). The Labute approximate surface area is 184 Å². The van der Waals surface area contributed by atoms with E-state index < -0.39 is 0 Å². The summed E-state index contributed by atoms with van der Waals surface area (Å²) in [7, 11) is 0. The molecule has 0 saturated carbocycles. The molecule has 1 fully saturated rings. The molecule has 0 aliphatic carbocycles. The van der Waals surface area contributed by atoms with Gasteiger partial charge in [0, 0.05) is 44.2 Å². The van der Waals surface area contributed by atoms with Gasteiger partial charge in [-0.15, -0.1) is 0 Å². The average Bonchev–Trinajstić information content (AvgIpc) is 3.42. The number of furan rings is 1. The number of rotatable bonds is 8. The molecule has 2 aliphatic rings. The summed E-state index contributed by atoms with van der Waals surface area (Å²) in [6, 6.07) is 9.86. The molecule has 1 unspecified atom stereocenters. The van der Waals surface area contributed by atoms with E-state index in [4.69, 9.17) is 18.9 Å². The zero-order chi connectivity index (χ0) is 21.3. The fraction of sp³-hybridized carbons (Fsp3) is 0.542. The summed E-state index contributed by atoms with van der Waals surface area (Å²) in [6.45, 7) is 8.70. The van der Waals surface area contributed by atoms with Gasteiger partial charge in [-0.25, -0.2) is 0 Å². The van der Waals surface area contributed by atoms with E-state index in [1.807, 2.05) is 30.3 Å². The van der Waals surface area contributed by atoms with Gasteiger partial charge < -0.3 is 29.4 Å². The zero-order valence-electron chi connectivity index (χ0n) is 18.4. The summed E-state index contributed by atoms with van der Waals surface area (Å²) in [5, 5.41) is 6.88. The number of hydrogen-bond acceptors (Lipinski definition) is 5. The van der Waals surface area contributed by atoms with Gasteiger partial charge in [0.05, 0.1) is 19.5 Å². The molecule has 7 nitrogen and oxygen atoms in total. The summed E-state index contributed by atoms with van der Waals surface area (Å²) in [4.78, 5) is 7.42. The number of ether oxygens (including phenoxy) is 2. The second kappa shape index (κ2) is 11.1. The molecular weight excluding hydrogens is 392 g/mol. The first-order valence-corrected chi connectivity index (χ1v) is 11.5. The van der Waals surface area contributed by atoms with Gasteiger partial charge in [-0.2, -0.15) is 0 Å². The van der Waals surface area contributed by atoms with Gasteiger partial charge in [-0.1, -0.05) is 6.92 Å². The van der Waals surface area contributed by atoms with E-state index in [1.165, 1.54) is 25.9 Å². The molecule has 7 heteroatoms. The molecule has 1 atom stereocenters. The molecule has 0 radical (unpaired) electrons. The number of nitrogens with one attached hydrogen (secondary N) is 2. The number of nitrogens with zero attached hydrogens (tertiary/aromatic N) is 2. The van der Waals surface area contributed by atoms with Gasteiger partial charge in [0.15, 0.2) is 17.5 Å².